The molecule has 0 saturated carbocycles. The Labute approximate surface area is 77.1 Å². The van der Waals surface area contributed by atoms with Gasteiger partial charge in [-0.15, -0.1) is 11.8 Å². The van der Waals surface area contributed by atoms with Crippen LogP contribution in [0.2, 0.25) is 0 Å². The number of rotatable bonds is 3. The molecular formula is C10H12OS. The maximum Gasteiger partial charge on any atom is 0.0807 e. The van der Waals surface area contributed by atoms with Gasteiger partial charge >= 0.3 is 0 Å². The second-order valence-electron chi connectivity index (χ2n) is 2.54. The topological polar surface area (TPSA) is 20.2 Å². The van der Waals surface area contributed by atoms with E-state index in [2.05, 4.69) is 11.8 Å². The second-order valence-corrected chi connectivity index (χ2v) is 3.32. The van der Waals surface area contributed by atoms with Gasteiger partial charge in [0.25, 0.3) is 0 Å². The predicted octanol–water partition coefficient (Wildman–Crippen LogP) is 2.59. The average Bonchev–Trinajstić information content (AvgIpc) is 2.56. The van der Waals surface area contributed by atoms with Crippen LogP contribution in [-0.4, -0.2) is 5.11 Å². The maximum absolute atomic E-state index is 9.57. The number of aliphatic hydroxyl groups is 1. The first-order valence-corrected chi connectivity index (χ1v) is 4.88. The van der Waals surface area contributed by atoms with Crippen LogP contribution >= 0.6 is 11.3 Å². The van der Waals surface area contributed by atoms with Crippen LogP contribution in [0, 0.1) is 11.8 Å². The van der Waals surface area contributed by atoms with Crippen LogP contribution in [0.15, 0.2) is 16.8 Å². The zero-order chi connectivity index (χ0) is 8.81. The molecule has 1 aromatic heterocycles. The molecule has 0 radical (unpaired) electrons. The first kappa shape index (κ1) is 9.31. The van der Waals surface area contributed by atoms with E-state index in [9.17, 15) is 5.11 Å². The number of hydrogen-bond donors (Lipinski definition) is 1. The molecule has 1 N–H and O–H groups in total. The van der Waals surface area contributed by atoms with Crippen molar-refractivity contribution in [3.05, 3.63) is 22.4 Å². The van der Waals surface area contributed by atoms with Crippen molar-refractivity contribution in [1.82, 2.24) is 0 Å². The standard InChI is InChI=1S/C10H12OS/c1-2-3-4-5-10(11)9-6-7-12-8-9/h6-8,10-11H,4-5H2,1H3. The van der Waals surface area contributed by atoms with Crippen LogP contribution in [-0.2, 0) is 0 Å². The Morgan fingerprint density at radius 3 is 3.08 bits per heavy atom. The van der Waals surface area contributed by atoms with E-state index in [0.29, 0.717) is 0 Å². The first-order chi connectivity index (χ1) is 5.84. The molecule has 0 aliphatic heterocycles. The maximum atomic E-state index is 9.57. The molecule has 0 bridgehead atoms. The van der Waals surface area contributed by atoms with E-state index in [0.717, 1.165) is 18.4 Å². The van der Waals surface area contributed by atoms with Gasteiger partial charge in [-0.3, -0.25) is 0 Å². The van der Waals surface area contributed by atoms with Gasteiger partial charge in [-0.25, -0.2) is 0 Å². The Morgan fingerprint density at radius 1 is 1.67 bits per heavy atom. The van der Waals surface area contributed by atoms with Crippen molar-refractivity contribution in [3.8, 4) is 11.8 Å². The Hall–Kier alpha value is -0.780. The normalized spacial score (nSPS) is 11.8. The van der Waals surface area contributed by atoms with E-state index in [-0.39, 0.29) is 6.10 Å². The molecule has 0 saturated heterocycles. The summed E-state index contributed by atoms with van der Waals surface area (Å²) in [4.78, 5) is 0. The molecule has 1 rings (SSSR count). The Kier molecular flexibility index (Phi) is 3.86. The molecule has 64 valence electrons. The van der Waals surface area contributed by atoms with Crippen molar-refractivity contribution in [2.24, 2.45) is 0 Å². The zero-order valence-electron chi connectivity index (χ0n) is 7.08. The lowest BCUT2D eigenvalue weighted by atomic mass is 10.1. The highest BCUT2D eigenvalue weighted by Gasteiger charge is 2.05. The second kappa shape index (κ2) is 4.97. The van der Waals surface area contributed by atoms with Crippen LogP contribution in [0.4, 0.5) is 0 Å². The minimum Gasteiger partial charge on any atom is -0.388 e. The molecule has 1 nitrogen and oxygen atoms in total. The molecular weight excluding hydrogens is 168 g/mol. The molecule has 0 spiro atoms. The van der Waals surface area contributed by atoms with Crippen LogP contribution < -0.4 is 0 Å². The summed E-state index contributed by atoms with van der Waals surface area (Å²) >= 11 is 1.61. The summed E-state index contributed by atoms with van der Waals surface area (Å²) in [5.74, 6) is 5.74. The summed E-state index contributed by atoms with van der Waals surface area (Å²) in [7, 11) is 0. The third-order valence-corrected chi connectivity index (χ3v) is 2.35. The van der Waals surface area contributed by atoms with E-state index in [1.807, 2.05) is 23.8 Å². The Morgan fingerprint density at radius 2 is 2.50 bits per heavy atom. The number of thiophene rings is 1. The van der Waals surface area contributed by atoms with Crippen molar-refractivity contribution in [2.75, 3.05) is 0 Å². The van der Waals surface area contributed by atoms with E-state index in [1.54, 1.807) is 11.3 Å². The molecule has 0 aliphatic rings. The highest BCUT2D eigenvalue weighted by molar-refractivity contribution is 7.07. The van der Waals surface area contributed by atoms with Crippen LogP contribution in [0.3, 0.4) is 0 Å². The van der Waals surface area contributed by atoms with Crippen molar-refractivity contribution in [2.45, 2.75) is 25.9 Å². The molecule has 12 heavy (non-hydrogen) atoms. The Bertz CT molecular complexity index is 266. The van der Waals surface area contributed by atoms with E-state index < -0.39 is 0 Å². The fraction of sp³-hybridized carbons (Fsp3) is 0.400. The molecule has 2 heteroatoms. The zero-order valence-corrected chi connectivity index (χ0v) is 7.90. The molecule has 1 atom stereocenters. The largest absolute Gasteiger partial charge is 0.388 e. The van der Waals surface area contributed by atoms with E-state index in [4.69, 9.17) is 0 Å². The fourth-order valence-corrected chi connectivity index (χ4v) is 1.67. The quantitative estimate of drug-likeness (QED) is 0.709. The summed E-state index contributed by atoms with van der Waals surface area (Å²) in [6.45, 7) is 1.82. The minimum absolute atomic E-state index is 0.336. The molecule has 1 unspecified atom stereocenters. The molecule has 0 aliphatic carbocycles. The smallest absolute Gasteiger partial charge is 0.0807 e. The Balaban J connectivity index is 2.37. The summed E-state index contributed by atoms with van der Waals surface area (Å²) in [6.07, 6.45) is 1.17. The molecule has 1 aromatic rings. The highest BCUT2D eigenvalue weighted by atomic mass is 32.1. The molecule has 0 fully saturated rings. The minimum atomic E-state index is -0.336. The van der Waals surface area contributed by atoms with E-state index in [1.165, 1.54) is 0 Å². The van der Waals surface area contributed by atoms with Crippen LogP contribution in [0.1, 0.15) is 31.4 Å². The SMILES string of the molecule is CC#CCCC(O)c1ccsc1. The first-order valence-electron chi connectivity index (χ1n) is 3.94. The van der Waals surface area contributed by atoms with Gasteiger partial charge in [0.05, 0.1) is 6.10 Å². The van der Waals surface area contributed by atoms with Gasteiger partial charge in [-0.2, -0.15) is 11.3 Å². The van der Waals surface area contributed by atoms with E-state index >= 15 is 0 Å². The van der Waals surface area contributed by atoms with Crippen LogP contribution in [0.5, 0.6) is 0 Å². The summed E-state index contributed by atoms with van der Waals surface area (Å²) in [5, 5.41) is 13.5. The fourth-order valence-electron chi connectivity index (χ4n) is 0.965. The monoisotopic (exact) mass is 180 g/mol. The summed E-state index contributed by atoms with van der Waals surface area (Å²) in [6, 6.07) is 1.95. The average molecular weight is 180 g/mol. The van der Waals surface area contributed by atoms with Crippen molar-refractivity contribution >= 4 is 11.3 Å². The van der Waals surface area contributed by atoms with Crippen LogP contribution in [0.25, 0.3) is 0 Å². The summed E-state index contributed by atoms with van der Waals surface area (Å²) < 4.78 is 0. The third kappa shape index (κ3) is 2.69. The van der Waals surface area contributed by atoms with Gasteiger partial charge in [-0.1, -0.05) is 0 Å². The van der Waals surface area contributed by atoms with Gasteiger partial charge in [-0.05, 0) is 35.7 Å². The van der Waals surface area contributed by atoms with Gasteiger partial charge in [0.1, 0.15) is 0 Å². The third-order valence-electron chi connectivity index (χ3n) is 1.65. The lowest BCUT2D eigenvalue weighted by Gasteiger charge is -2.04. The highest BCUT2D eigenvalue weighted by Crippen LogP contribution is 2.19. The predicted molar refractivity (Wildman–Crippen MR) is 52.0 cm³/mol. The van der Waals surface area contributed by atoms with Gasteiger partial charge in [0, 0.05) is 6.42 Å². The van der Waals surface area contributed by atoms with Crippen molar-refractivity contribution in [1.29, 1.82) is 0 Å². The lowest BCUT2D eigenvalue weighted by Crippen LogP contribution is -1.93. The van der Waals surface area contributed by atoms with Gasteiger partial charge in [0.2, 0.25) is 0 Å². The van der Waals surface area contributed by atoms with Gasteiger partial charge < -0.3 is 5.11 Å². The molecule has 1 heterocycles. The lowest BCUT2D eigenvalue weighted by molar-refractivity contribution is 0.170. The number of hydrogen-bond acceptors (Lipinski definition) is 2. The molecule has 0 amide bonds. The van der Waals surface area contributed by atoms with Crippen molar-refractivity contribution < 1.29 is 5.11 Å². The number of aliphatic hydroxyl groups excluding tert-OH is 1. The van der Waals surface area contributed by atoms with Crippen molar-refractivity contribution in [3.63, 3.8) is 0 Å². The summed E-state index contributed by atoms with van der Waals surface area (Å²) in [5.41, 5.74) is 1.01. The van der Waals surface area contributed by atoms with Gasteiger partial charge in [0.15, 0.2) is 0 Å². The molecule has 0 aromatic carbocycles.